The molecule has 1 rings (SSSR count). The number of ketones is 1. The van der Waals surface area contributed by atoms with Crippen molar-refractivity contribution >= 4 is 5.78 Å². The summed E-state index contributed by atoms with van der Waals surface area (Å²) in [6.07, 6.45) is 10.3. The van der Waals surface area contributed by atoms with Crippen LogP contribution in [0.25, 0.3) is 0 Å². The van der Waals surface area contributed by atoms with Gasteiger partial charge >= 0.3 is 0 Å². The summed E-state index contributed by atoms with van der Waals surface area (Å²) in [4.78, 5) is 11.3. The first kappa shape index (κ1) is 11.0. The molecule has 0 atom stereocenters. The van der Waals surface area contributed by atoms with Crippen LogP contribution in [0.3, 0.4) is 0 Å². The maximum atomic E-state index is 11.3. The number of rotatable bonds is 4. The highest BCUT2D eigenvalue weighted by atomic mass is 16.1. The Bertz CT molecular complexity index is 259. The van der Waals surface area contributed by atoms with Crippen molar-refractivity contribution in [2.75, 3.05) is 0 Å². The highest BCUT2D eigenvalue weighted by Crippen LogP contribution is 2.25. The Morgan fingerprint density at radius 1 is 1.43 bits per heavy atom. The van der Waals surface area contributed by atoms with Gasteiger partial charge in [0.25, 0.3) is 0 Å². The van der Waals surface area contributed by atoms with E-state index in [-0.39, 0.29) is 5.78 Å². The lowest BCUT2D eigenvalue weighted by Gasteiger charge is -1.98. The molecule has 0 bridgehead atoms. The van der Waals surface area contributed by atoms with Crippen LogP contribution < -0.4 is 0 Å². The van der Waals surface area contributed by atoms with Crippen LogP contribution in [0.4, 0.5) is 0 Å². The van der Waals surface area contributed by atoms with Crippen molar-refractivity contribution < 1.29 is 4.79 Å². The van der Waals surface area contributed by atoms with Crippen molar-refractivity contribution in [3.63, 3.8) is 0 Å². The summed E-state index contributed by atoms with van der Waals surface area (Å²) in [5.41, 5.74) is 0. The Kier molecular flexibility index (Phi) is 5.07. The number of carbonyl (C=O) groups excluding carboxylic acids is 1. The zero-order chi connectivity index (χ0) is 10.2. The number of allylic oxidation sites excluding steroid dienone is 2. The molecule has 1 fully saturated rings. The van der Waals surface area contributed by atoms with E-state index in [2.05, 4.69) is 17.9 Å². The van der Waals surface area contributed by atoms with Gasteiger partial charge in [-0.05, 0) is 31.8 Å². The molecule has 0 spiro atoms. The minimum absolute atomic E-state index is 0.222. The third kappa shape index (κ3) is 4.28. The minimum Gasteiger partial charge on any atom is -0.295 e. The van der Waals surface area contributed by atoms with Gasteiger partial charge in [-0.3, -0.25) is 4.79 Å². The quantitative estimate of drug-likeness (QED) is 0.492. The van der Waals surface area contributed by atoms with Gasteiger partial charge in [0.2, 0.25) is 0 Å². The lowest BCUT2D eigenvalue weighted by Crippen LogP contribution is -1.94. The van der Waals surface area contributed by atoms with Crippen molar-refractivity contribution in [2.24, 2.45) is 5.92 Å². The Morgan fingerprint density at radius 2 is 2.14 bits per heavy atom. The highest BCUT2D eigenvalue weighted by Gasteiger charge is 2.11. The molecule has 0 saturated heterocycles. The zero-order valence-electron chi connectivity index (χ0n) is 8.88. The van der Waals surface area contributed by atoms with Crippen molar-refractivity contribution in [1.82, 2.24) is 0 Å². The Balaban J connectivity index is 2.20. The van der Waals surface area contributed by atoms with Crippen LogP contribution in [0.15, 0.2) is 12.2 Å². The first-order chi connectivity index (χ1) is 6.83. The van der Waals surface area contributed by atoms with Gasteiger partial charge in [-0.15, -0.1) is 11.8 Å². The SMILES string of the molecule is CC#CCCC(=O)/C=C/C1CCCC1. The van der Waals surface area contributed by atoms with Gasteiger partial charge in [0.05, 0.1) is 0 Å². The molecule has 0 aliphatic heterocycles. The number of hydrogen-bond acceptors (Lipinski definition) is 1. The van der Waals surface area contributed by atoms with Gasteiger partial charge in [0.1, 0.15) is 0 Å². The second kappa shape index (κ2) is 6.43. The van der Waals surface area contributed by atoms with Gasteiger partial charge in [-0.25, -0.2) is 0 Å². The van der Waals surface area contributed by atoms with E-state index in [0.29, 0.717) is 18.8 Å². The average Bonchev–Trinajstić information content (AvgIpc) is 2.68. The van der Waals surface area contributed by atoms with Crippen LogP contribution in [-0.2, 0) is 4.79 Å². The second-order valence-corrected chi connectivity index (χ2v) is 3.80. The summed E-state index contributed by atoms with van der Waals surface area (Å²) in [6, 6.07) is 0. The summed E-state index contributed by atoms with van der Waals surface area (Å²) in [7, 11) is 0. The molecular formula is C13H18O. The van der Waals surface area contributed by atoms with Gasteiger partial charge in [0.15, 0.2) is 5.78 Å². The Labute approximate surface area is 86.6 Å². The molecule has 0 radical (unpaired) electrons. The van der Waals surface area contributed by atoms with E-state index in [1.165, 1.54) is 25.7 Å². The molecule has 0 amide bonds. The molecule has 1 nitrogen and oxygen atoms in total. The molecule has 1 saturated carbocycles. The Morgan fingerprint density at radius 3 is 2.79 bits per heavy atom. The van der Waals surface area contributed by atoms with Crippen molar-refractivity contribution in [1.29, 1.82) is 0 Å². The fraction of sp³-hybridized carbons (Fsp3) is 0.615. The van der Waals surface area contributed by atoms with E-state index in [1.807, 2.05) is 0 Å². The molecule has 0 heterocycles. The number of carbonyl (C=O) groups is 1. The third-order valence-corrected chi connectivity index (χ3v) is 2.63. The predicted octanol–water partition coefficient (Wildman–Crippen LogP) is 3.11. The summed E-state index contributed by atoms with van der Waals surface area (Å²) in [5, 5.41) is 0. The molecule has 0 aromatic carbocycles. The van der Waals surface area contributed by atoms with Gasteiger partial charge in [0, 0.05) is 12.8 Å². The molecule has 1 heteroatoms. The van der Waals surface area contributed by atoms with E-state index in [9.17, 15) is 4.79 Å². The molecule has 1 aliphatic carbocycles. The van der Waals surface area contributed by atoms with E-state index < -0.39 is 0 Å². The fourth-order valence-corrected chi connectivity index (χ4v) is 1.79. The van der Waals surface area contributed by atoms with Crippen molar-refractivity contribution in [3.05, 3.63) is 12.2 Å². The molecule has 76 valence electrons. The topological polar surface area (TPSA) is 17.1 Å². The summed E-state index contributed by atoms with van der Waals surface area (Å²) in [5.74, 6) is 6.58. The average molecular weight is 190 g/mol. The maximum Gasteiger partial charge on any atom is 0.156 e. The van der Waals surface area contributed by atoms with Crippen molar-refractivity contribution in [3.8, 4) is 11.8 Å². The summed E-state index contributed by atoms with van der Waals surface area (Å²) < 4.78 is 0. The monoisotopic (exact) mass is 190 g/mol. The molecule has 0 unspecified atom stereocenters. The van der Waals surface area contributed by atoms with Gasteiger partial charge in [-0.1, -0.05) is 18.9 Å². The standard InChI is InChI=1S/C13H18O/c1-2-3-4-9-13(14)11-10-12-7-5-6-8-12/h10-12H,4-9H2,1H3/b11-10+. The summed E-state index contributed by atoms with van der Waals surface area (Å²) in [6.45, 7) is 1.80. The van der Waals surface area contributed by atoms with Crippen molar-refractivity contribution in [2.45, 2.75) is 45.4 Å². The van der Waals surface area contributed by atoms with Crippen LogP contribution in [0, 0.1) is 17.8 Å². The molecule has 0 aromatic heterocycles. The van der Waals surface area contributed by atoms with Crippen LogP contribution in [0.2, 0.25) is 0 Å². The Hall–Kier alpha value is -1.03. The summed E-state index contributed by atoms with van der Waals surface area (Å²) >= 11 is 0. The molecule has 14 heavy (non-hydrogen) atoms. The van der Waals surface area contributed by atoms with Gasteiger partial charge in [-0.2, -0.15) is 0 Å². The smallest absolute Gasteiger partial charge is 0.156 e. The molecule has 0 N–H and O–H groups in total. The highest BCUT2D eigenvalue weighted by molar-refractivity contribution is 5.89. The van der Waals surface area contributed by atoms with Crippen LogP contribution >= 0.6 is 0 Å². The van der Waals surface area contributed by atoms with Crippen LogP contribution in [0.5, 0.6) is 0 Å². The van der Waals surface area contributed by atoms with Crippen LogP contribution in [-0.4, -0.2) is 5.78 Å². The molecular weight excluding hydrogens is 172 g/mol. The minimum atomic E-state index is 0.222. The molecule has 0 aromatic rings. The fourth-order valence-electron chi connectivity index (χ4n) is 1.79. The largest absolute Gasteiger partial charge is 0.295 e. The predicted molar refractivity (Wildman–Crippen MR) is 58.8 cm³/mol. The third-order valence-electron chi connectivity index (χ3n) is 2.63. The van der Waals surface area contributed by atoms with Crippen LogP contribution in [0.1, 0.15) is 45.4 Å². The zero-order valence-corrected chi connectivity index (χ0v) is 8.88. The molecule has 1 aliphatic rings. The lowest BCUT2D eigenvalue weighted by atomic mass is 10.1. The van der Waals surface area contributed by atoms with E-state index in [4.69, 9.17) is 0 Å². The maximum absolute atomic E-state index is 11.3. The van der Waals surface area contributed by atoms with E-state index in [1.54, 1.807) is 13.0 Å². The van der Waals surface area contributed by atoms with E-state index >= 15 is 0 Å². The van der Waals surface area contributed by atoms with E-state index in [0.717, 1.165) is 0 Å². The second-order valence-electron chi connectivity index (χ2n) is 3.80. The van der Waals surface area contributed by atoms with Gasteiger partial charge < -0.3 is 0 Å². The first-order valence-electron chi connectivity index (χ1n) is 5.43. The normalized spacial score (nSPS) is 16.9. The lowest BCUT2D eigenvalue weighted by molar-refractivity contribution is -0.114. The number of hydrogen-bond donors (Lipinski definition) is 0. The first-order valence-corrected chi connectivity index (χ1v) is 5.43.